The number of nitrogens with zero attached hydrogens (tertiary/aromatic N) is 2. The first kappa shape index (κ1) is 12.6. The van der Waals surface area contributed by atoms with Crippen molar-refractivity contribution in [3.8, 4) is 0 Å². The van der Waals surface area contributed by atoms with Crippen LogP contribution in [0.3, 0.4) is 0 Å². The fraction of sp³-hybridized carbons (Fsp3) is 0.786. The Bertz CT molecular complexity index is 373. The lowest BCUT2D eigenvalue weighted by atomic mass is 9.87. The molecule has 3 nitrogen and oxygen atoms in total. The monoisotopic (exact) mass is 235 g/mol. The molecule has 3 heteroatoms. The minimum Gasteiger partial charge on any atom is -0.310 e. The maximum absolute atomic E-state index is 4.46. The highest BCUT2D eigenvalue weighted by Gasteiger charge is 2.18. The van der Waals surface area contributed by atoms with Gasteiger partial charge in [-0.2, -0.15) is 5.10 Å². The van der Waals surface area contributed by atoms with E-state index in [1.165, 1.54) is 42.6 Å². The molecular formula is C14H25N3. The molecule has 96 valence electrons. The van der Waals surface area contributed by atoms with E-state index in [1.54, 1.807) is 0 Å². The van der Waals surface area contributed by atoms with Crippen molar-refractivity contribution in [1.82, 2.24) is 15.1 Å². The third-order valence-electron chi connectivity index (χ3n) is 4.24. The van der Waals surface area contributed by atoms with Crippen LogP contribution in [0.5, 0.6) is 0 Å². The predicted octanol–water partition coefficient (Wildman–Crippen LogP) is 2.71. The van der Waals surface area contributed by atoms with E-state index in [1.807, 2.05) is 11.7 Å². The minimum atomic E-state index is 0.713. The topological polar surface area (TPSA) is 29.9 Å². The summed E-state index contributed by atoms with van der Waals surface area (Å²) in [6.07, 6.45) is 5.42. The van der Waals surface area contributed by atoms with Crippen LogP contribution in [-0.4, -0.2) is 15.8 Å². The SMILES string of the molecule is Cc1nn(C)c(C)c1CNC1CCC(C)CC1. The molecule has 0 atom stereocenters. The molecule has 0 aliphatic heterocycles. The van der Waals surface area contributed by atoms with E-state index in [4.69, 9.17) is 0 Å². The summed E-state index contributed by atoms with van der Waals surface area (Å²) >= 11 is 0. The zero-order valence-electron chi connectivity index (χ0n) is 11.6. The van der Waals surface area contributed by atoms with Crippen LogP contribution < -0.4 is 5.32 Å². The Kier molecular flexibility index (Phi) is 3.87. The smallest absolute Gasteiger partial charge is 0.0641 e. The summed E-state index contributed by atoms with van der Waals surface area (Å²) in [7, 11) is 2.02. The fourth-order valence-corrected chi connectivity index (χ4v) is 2.78. The average molecular weight is 235 g/mol. The third kappa shape index (κ3) is 2.89. The molecule has 1 aromatic rings. The lowest BCUT2D eigenvalue weighted by Crippen LogP contribution is -2.32. The Labute approximate surface area is 105 Å². The number of hydrogen-bond acceptors (Lipinski definition) is 2. The molecular weight excluding hydrogens is 210 g/mol. The van der Waals surface area contributed by atoms with Gasteiger partial charge in [0.2, 0.25) is 0 Å². The minimum absolute atomic E-state index is 0.713. The van der Waals surface area contributed by atoms with E-state index in [0.717, 1.165) is 12.5 Å². The lowest BCUT2D eigenvalue weighted by molar-refractivity contribution is 0.306. The van der Waals surface area contributed by atoms with Crippen LogP contribution in [0.1, 0.15) is 49.6 Å². The summed E-state index contributed by atoms with van der Waals surface area (Å²) in [6.45, 7) is 7.60. The summed E-state index contributed by atoms with van der Waals surface area (Å²) in [5, 5.41) is 8.16. The largest absolute Gasteiger partial charge is 0.310 e. The van der Waals surface area contributed by atoms with E-state index in [0.29, 0.717) is 6.04 Å². The van der Waals surface area contributed by atoms with Crippen LogP contribution in [0.4, 0.5) is 0 Å². The zero-order valence-corrected chi connectivity index (χ0v) is 11.6. The first-order chi connectivity index (χ1) is 8.08. The van der Waals surface area contributed by atoms with Crippen molar-refractivity contribution in [2.45, 2.75) is 59.0 Å². The molecule has 1 fully saturated rings. The molecule has 1 saturated carbocycles. The van der Waals surface area contributed by atoms with Gasteiger partial charge in [0.1, 0.15) is 0 Å². The molecule has 1 N–H and O–H groups in total. The molecule has 1 aliphatic carbocycles. The van der Waals surface area contributed by atoms with Gasteiger partial charge in [-0.1, -0.05) is 6.92 Å². The maximum Gasteiger partial charge on any atom is 0.0641 e. The summed E-state index contributed by atoms with van der Waals surface area (Å²) in [5.74, 6) is 0.926. The van der Waals surface area contributed by atoms with Gasteiger partial charge in [-0.05, 0) is 45.4 Å². The van der Waals surface area contributed by atoms with Crippen LogP contribution in [-0.2, 0) is 13.6 Å². The van der Waals surface area contributed by atoms with Gasteiger partial charge >= 0.3 is 0 Å². The summed E-state index contributed by atoms with van der Waals surface area (Å²) in [5.41, 5.74) is 3.84. The van der Waals surface area contributed by atoms with E-state index < -0.39 is 0 Å². The highest BCUT2D eigenvalue weighted by atomic mass is 15.3. The van der Waals surface area contributed by atoms with E-state index in [9.17, 15) is 0 Å². The molecule has 1 heterocycles. The van der Waals surface area contributed by atoms with Crippen LogP contribution >= 0.6 is 0 Å². The van der Waals surface area contributed by atoms with Gasteiger partial charge in [0.25, 0.3) is 0 Å². The number of aryl methyl sites for hydroxylation is 2. The molecule has 0 saturated heterocycles. The van der Waals surface area contributed by atoms with Gasteiger partial charge in [0.05, 0.1) is 5.69 Å². The molecule has 0 amide bonds. The quantitative estimate of drug-likeness (QED) is 0.873. The van der Waals surface area contributed by atoms with Crippen molar-refractivity contribution in [2.24, 2.45) is 13.0 Å². The van der Waals surface area contributed by atoms with Gasteiger partial charge in [-0.15, -0.1) is 0 Å². The summed E-state index contributed by atoms with van der Waals surface area (Å²) < 4.78 is 1.98. The number of nitrogens with one attached hydrogen (secondary N) is 1. The molecule has 0 spiro atoms. The van der Waals surface area contributed by atoms with Gasteiger partial charge in [0.15, 0.2) is 0 Å². The van der Waals surface area contributed by atoms with Gasteiger partial charge < -0.3 is 5.32 Å². The maximum atomic E-state index is 4.46. The Balaban J connectivity index is 1.89. The van der Waals surface area contributed by atoms with Crippen LogP contribution in [0.2, 0.25) is 0 Å². The number of hydrogen-bond donors (Lipinski definition) is 1. The Morgan fingerprint density at radius 3 is 2.41 bits per heavy atom. The highest BCUT2D eigenvalue weighted by Crippen LogP contribution is 2.24. The van der Waals surface area contributed by atoms with Gasteiger partial charge in [0, 0.05) is 30.9 Å². The van der Waals surface area contributed by atoms with Crippen molar-refractivity contribution in [3.05, 3.63) is 17.0 Å². The molecule has 0 unspecified atom stereocenters. The molecule has 0 bridgehead atoms. The Morgan fingerprint density at radius 2 is 1.88 bits per heavy atom. The van der Waals surface area contributed by atoms with Gasteiger partial charge in [-0.3, -0.25) is 4.68 Å². The second-order valence-corrected chi connectivity index (χ2v) is 5.61. The molecule has 1 aliphatic rings. The van der Waals surface area contributed by atoms with Crippen molar-refractivity contribution in [2.75, 3.05) is 0 Å². The molecule has 0 radical (unpaired) electrons. The van der Waals surface area contributed by atoms with Crippen molar-refractivity contribution >= 4 is 0 Å². The standard InChI is InChI=1S/C14H25N3/c1-10-5-7-13(8-6-10)15-9-14-11(2)16-17(4)12(14)3/h10,13,15H,5-9H2,1-4H3. The van der Waals surface area contributed by atoms with Crippen molar-refractivity contribution in [3.63, 3.8) is 0 Å². The summed E-state index contributed by atoms with van der Waals surface area (Å²) in [4.78, 5) is 0. The van der Waals surface area contributed by atoms with E-state index >= 15 is 0 Å². The second-order valence-electron chi connectivity index (χ2n) is 5.61. The number of rotatable bonds is 3. The average Bonchev–Trinajstić information content (AvgIpc) is 2.54. The molecule has 0 aromatic carbocycles. The van der Waals surface area contributed by atoms with Crippen LogP contribution in [0.25, 0.3) is 0 Å². The lowest BCUT2D eigenvalue weighted by Gasteiger charge is -2.27. The van der Waals surface area contributed by atoms with Crippen LogP contribution in [0, 0.1) is 19.8 Å². The zero-order chi connectivity index (χ0) is 12.4. The van der Waals surface area contributed by atoms with Crippen LogP contribution in [0.15, 0.2) is 0 Å². The van der Waals surface area contributed by atoms with Crippen molar-refractivity contribution in [1.29, 1.82) is 0 Å². The normalized spacial score (nSPS) is 25.2. The molecule has 2 rings (SSSR count). The Morgan fingerprint density at radius 1 is 1.24 bits per heavy atom. The van der Waals surface area contributed by atoms with E-state index in [-0.39, 0.29) is 0 Å². The number of aromatic nitrogens is 2. The molecule has 1 aromatic heterocycles. The van der Waals surface area contributed by atoms with Crippen molar-refractivity contribution < 1.29 is 0 Å². The first-order valence-corrected chi connectivity index (χ1v) is 6.80. The van der Waals surface area contributed by atoms with Gasteiger partial charge in [-0.25, -0.2) is 0 Å². The second kappa shape index (κ2) is 5.21. The summed E-state index contributed by atoms with van der Waals surface area (Å²) in [6, 6.07) is 0.713. The fourth-order valence-electron chi connectivity index (χ4n) is 2.78. The molecule has 17 heavy (non-hydrogen) atoms. The predicted molar refractivity (Wildman–Crippen MR) is 70.9 cm³/mol. The third-order valence-corrected chi connectivity index (χ3v) is 4.24. The Hall–Kier alpha value is -0.830. The van der Waals surface area contributed by atoms with E-state index in [2.05, 4.69) is 31.2 Å². The first-order valence-electron chi connectivity index (χ1n) is 6.80. The highest BCUT2D eigenvalue weighted by molar-refractivity contribution is 5.24.